The molecule has 0 radical (unpaired) electrons. The fraction of sp³-hybridized carbons (Fsp3) is 0.200. The molecule has 0 saturated heterocycles. The molecule has 0 amide bonds. The van der Waals surface area contributed by atoms with Crippen LogP contribution in [0.3, 0.4) is 0 Å². The van der Waals surface area contributed by atoms with Gasteiger partial charge in [0.15, 0.2) is 0 Å². The summed E-state index contributed by atoms with van der Waals surface area (Å²) in [4.78, 5) is 15.7. The number of methoxy groups -OCH3 is 1. The van der Waals surface area contributed by atoms with Gasteiger partial charge >= 0.3 is 5.97 Å². The molecule has 4 heteroatoms. The molecule has 0 spiro atoms. The number of hydrogen-bond acceptors (Lipinski definition) is 3. The van der Waals surface area contributed by atoms with Gasteiger partial charge in [0.2, 0.25) is 0 Å². The molecule has 0 bridgehead atoms. The SMILES string of the molecule is COC(=O)c1ccncc1CCc1ccc(Cl)cc1. The van der Waals surface area contributed by atoms with Gasteiger partial charge in [0.25, 0.3) is 0 Å². The van der Waals surface area contributed by atoms with Crippen LogP contribution in [0.2, 0.25) is 5.02 Å². The zero-order valence-electron chi connectivity index (χ0n) is 10.6. The van der Waals surface area contributed by atoms with Gasteiger partial charge in [-0.15, -0.1) is 0 Å². The Morgan fingerprint density at radius 2 is 1.95 bits per heavy atom. The summed E-state index contributed by atoms with van der Waals surface area (Å²) in [5.74, 6) is -0.325. The molecule has 0 atom stereocenters. The Bertz CT molecular complexity index is 567. The van der Waals surface area contributed by atoms with Crippen molar-refractivity contribution in [2.24, 2.45) is 0 Å². The highest BCUT2D eigenvalue weighted by atomic mass is 35.5. The minimum absolute atomic E-state index is 0.325. The zero-order valence-corrected chi connectivity index (χ0v) is 11.4. The summed E-state index contributed by atoms with van der Waals surface area (Å²) in [6.07, 6.45) is 4.87. The Kier molecular flexibility index (Phi) is 4.53. The second-order valence-corrected chi connectivity index (χ2v) is 4.59. The fourth-order valence-electron chi connectivity index (χ4n) is 1.87. The molecule has 1 heterocycles. The first-order chi connectivity index (χ1) is 9.20. The summed E-state index contributed by atoms with van der Waals surface area (Å²) in [6.45, 7) is 0. The van der Waals surface area contributed by atoms with Crippen LogP contribution in [-0.4, -0.2) is 18.1 Å². The minimum Gasteiger partial charge on any atom is -0.465 e. The van der Waals surface area contributed by atoms with Gasteiger partial charge in [-0.3, -0.25) is 4.98 Å². The Hall–Kier alpha value is -1.87. The van der Waals surface area contributed by atoms with Gasteiger partial charge in [-0.05, 0) is 42.2 Å². The van der Waals surface area contributed by atoms with E-state index in [0.717, 1.165) is 23.4 Å². The monoisotopic (exact) mass is 275 g/mol. The van der Waals surface area contributed by atoms with Crippen molar-refractivity contribution < 1.29 is 9.53 Å². The van der Waals surface area contributed by atoms with Gasteiger partial charge in [0.05, 0.1) is 12.7 Å². The van der Waals surface area contributed by atoms with E-state index in [1.807, 2.05) is 24.3 Å². The van der Waals surface area contributed by atoms with Crippen molar-refractivity contribution in [3.63, 3.8) is 0 Å². The quantitative estimate of drug-likeness (QED) is 0.804. The average Bonchev–Trinajstić information content (AvgIpc) is 2.46. The number of carbonyl (C=O) groups excluding carboxylic acids is 1. The van der Waals surface area contributed by atoms with E-state index >= 15 is 0 Å². The maximum absolute atomic E-state index is 11.6. The van der Waals surface area contributed by atoms with Crippen molar-refractivity contribution in [3.05, 3.63) is 64.4 Å². The smallest absolute Gasteiger partial charge is 0.338 e. The lowest BCUT2D eigenvalue weighted by molar-refractivity contribution is 0.0599. The Morgan fingerprint density at radius 3 is 2.63 bits per heavy atom. The molecule has 0 aliphatic rings. The topological polar surface area (TPSA) is 39.2 Å². The van der Waals surface area contributed by atoms with E-state index in [1.165, 1.54) is 12.7 Å². The van der Waals surface area contributed by atoms with E-state index in [9.17, 15) is 4.79 Å². The van der Waals surface area contributed by atoms with Gasteiger partial charge in [0.1, 0.15) is 0 Å². The van der Waals surface area contributed by atoms with Gasteiger partial charge < -0.3 is 4.74 Å². The third-order valence-corrected chi connectivity index (χ3v) is 3.16. The van der Waals surface area contributed by atoms with E-state index in [1.54, 1.807) is 18.5 Å². The number of rotatable bonds is 4. The molecule has 0 N–H and O–H groups in total. The van der Waals surface area contributed by atoms with Crippen molar-refractivity contribution in [1.29, 1.82) is 0 Å². The summed E-state index contributed by atoms with van der Waals surface area (Å²) in [5.41, 5.74) is 2.64. The maximum atomic E-state index is 11.6. The van der Waals surface area contributed by atoms with Crippen LogP contribution >= 0.6 is 11.6 Å². The Balaban J connectivity index is 2.11. The number of pyridine rings is 1. The van der Waals surface area contributed by atoms with E-state index < -0.39 is 0 Å². The lowest BCUT2D eigenvalue weighted by Gasteiger charge is -2.07. The van der Waals surface area contributed by atoms with Crippen LogP contribution in [0.1, 0.15) is 21.5 Å². The molecular formula is C15H14ClNO2. The molecule has 0 aliphatic carbocycles. The second-order valence-electron chi connectivity index (χ2n) is 4.15. The number of carbonyl (C=O) groups is 1. The van der Waals surface area contributed by atoms with Crippen LogP contribution in [0.15, 0.2) is 42.7 Å². The highest BCUT2D eigenvalue weighted by Crippen LogP contribution is 2.14. The summed E-state index contributed by atoms with van der Waals surface area (Å²) >= 11 is 5.84. The molecule has 1 aromatic heterocycles. The predicted molar refractivity (Wildman–Crippen MR) is 74.4 cm³/mol. The molecule has 0 unspecified atom stereocenters. The molecule has 2 aromatic rings. The number of esters is 1. The number of hydrogen-bond donors (Lipinski definition) is 0. The predicted octanol–water partition coefficient (Wildman–Crippen LogP) is 3.31. The van der Waals surface area contributed by atoms with Gasteiger partial charge in [-0.25, -0.2) is 4.79 Å². The molecule has 2 rings (SSSR count). The van der Waals surface area contributed by atoms with Crippen molar-refractivity contribution in [1.82, 2.24) is 4.98 Å². The molecule has 19 heavy (non-hydrogen) atoms. The number of benzene rings is 1. The molecule has 1 aromatic carbocycles. The van der Waals surface area contributed by atoms with E-state index in [0.29, 0.717) is 5.56 Å². The number of aryl methyl sites for hydroxylation is 2. The van der Waals surface area contributed by atoms with Gasteiger partial charge in [-0.1, -0.05) is 23.7 Å². The standard InChI is InChI=1S/C15H14ClNO2/c1-19-15(18)14-8-9-17-10-12(14)5-2-11-3-6-13(16)7-4-11/h3-4,6-10H,2,5H2,1H3. The normalized spacial score (nSPS) is 10.2. The molecular weight excluding hydrogens is 262 g/mol. The minimum atomic E-state index is -0.325. The largest absolute Gasteiger partial charge is 0.465 e. The molecule has 3 nitrogen and oxygen atoms in total. The first-order valence-corrected chi connectivity index (χ1v) is 6.34. The van der Waals surface area contributed by atoms with Crippen molar-refractivity contribution >= 4 is 17.6 Å². The van der Waals surface area contributed by atoms with Gasteiger partial charge in [-0.2, -0.15) is 0 Å². The van der Waals surface area contributed by atoms with Crippen LogP contribution < -0.4 is 0 Å². The first kappa shape index (κ1) is 13.6. The van der Waals surface area contributed by atoms with Crippen LogP contribution in [0.5, 0.6) is 0 Å². The molecule has 98 valence electrons. The number of aromatic nitrogens is 1. The van der Waals surface area contributed by atoms with Crippen molar-refractivity contribution in [3.8, 4) is 0 Å². The summed E-state index contributed by atoms with van der Waals surface area (Å²) in [5, 5.41) is 0.723. The zero-order chi connectivity index (χ0) is 13.7. The fourth-order valence-corrected chi connectivity index (χ4v) is 1.99. The Morgan fingerprint density at radius 1 is 1.21 bits per heavy atom. The van der Waals surface area contributed by atoms with Crippen LogP contribution in [0.25, 0.3) is 0 Å². The second kappa shape index (κ2) is 6.34. The Labute approximate surface area is 117 Å². The number of halogens is 1. The van der Waals surface area contributed by atoms with Gasteiger partial charge in [0, 0.05) is 17.4 Å². The highest BCUT2D eigenvalue weighted by molar-refractivity contribution is 6.30. The van der Waals surface area contributed by atoms with E-state index in [2.05, 4.69) is 4.98 Å². The summed E-state index contributed by atoms with van der Waals surface area (Å²) in [6, 6.07) is 9.37. The van der Waals surface area contributed by atoms with Crippen molar-refractivity contribution in [2.45, 2.75) is 12.8 Å². The first-order valence-electron chi connectivity index (χ1n) is 5.96. The molecule has 0 saturated carbocycles. The molecule has 0 aliphatic heterocycles. The van der Waals surface area contributed by atoms with E-state index in [4.69, 9.17) is 16.3 Å². The van der Waals surface area contributed by atoms with E-state index in [-0.39, 0.29) is 5.97 Å². The number of nitrogens with zero attached hydrogens (tertiary/aromatic N) is 1. The third-order valence-electron chi connectivity index (χ3n) is 2.91. The lowest BCUT2D eigenvalue weighted by atomic mass is 10.0. The molecule has 0 fully saturated rings. The van der Waals surface area contributed by atoms with Crippen molar-refractivity contribution in [2.75, 3.05) is 7.11 Å². The van der Waals surface area contributed by atoms with Crippen LogP contribution in [-0.2, 0) is 17.6 Å². The summed E-state index contributed by atoms with van der Waals surface area (Å²) < 4.78 is 4.76. The highest BCUT2D eigenvalue weighted by Gasteiger charge is 2.11. The number of ether oxygens (including phenoxy) is 1. The third kappa shape index (κ3) is 3.55. The summed E-state index contributed by atoms with van der Waals surface area (Å²) in [7, 11) is 1.38. The van der Waals surface area contributed by atoms with Crippen LogP contribution in [0, 0.1) is 0 Å². The maximum Gasteiger partial charge on any atom is 0.338 e. The van der Waals surface area contributed by atoms with Crippen LogP contribution in [0.4, 0.5) is 0 Å². The lowest BCUT2D eigenvalue weighted by Crippen LogP contribution is -2.07. The average molecular weight is 276 g/mol.